The van der Waals surface area contributed by atoms with Gasteiger partial charge in [-0.1, -0.05) is 0 Å². The first-order chi connectivity index (χ1) is 10.8. The molecule has 0 aliphatic carbocycles. The summed E-state index contributed by atoms with van der Waals surface area (Å²) < 4.78 is 4.89. The lowest BCUT2D eigenvalue weighted by Gasteiger charge is -2.10. The molecule has 0 aliphatic heterocycles. The number of nitrogens with zero attached hydrogens (tertiary/aromatic N) is 1. The summed E-state index contributed by atoms with van der Waals surface area (Å²) >= 11 is 0. The summed E-state index contributed by atoms with van der Waals surface area (Å²) in [6, 6.07) is 6.38. The maximum atomic E-state index is 12.0. The second kappa shape index (κ2) is 8.67. The number of nitrogens with one attached hydrogen (secondary N) is 2. The largest absolute Gasteiger partial charge is 0.465 e. The minimum absolute atomic E-state index is 0.185. The van der Waals surface area contributed by atoms with Crippen LogP contribution in [0.4, 0.5) is 5.69 Å². The molecular formula is C16H21N3O4. The van der Waals surface area contributed by atoms with Crippen molar-refractivity contribution in [2.75, 3.05) is 11.9 Å². The second-order valence-corrected chi connectivity index (χ2v) is 4.93. The van der Waals surface area contributed by atoms with Crippen LogP contribution < -0.4 is 10.7 Å². The lowest BCUT2D eigenvalue weighted by molar-refractivity contribution is -0.145. The molecule has 0 heterocycles. The molecule has 0 fully saturated rings. The number of hydrogen-bond acceptors (Lipinski definition) is 5. The monoisotopic (exact) mass is 319 g/mol. The fourth-order valence-corrected chi connectivity index (χ4v) is 1.65. The molecule has 0 spiro atoms. The number of rotatable bonds is 6. The molecule has 1 aromatic carbocycles. The van der Waals surface area contributed by atoms with Gasteiger partial charge < -0.3 is 10.1 Å². The Morgan fingerprint density at radius 3 is 2.30 bits per heavy atom. The number of hydrazone groups is 1. The van der Waals surface area contributed by atoms with Crippen molar-refractivity contribution >= 4 is 29.2 Å². The zero-order valence-electron chi connectivity index (χ0n) is 13.7. The zero-order valence-corrected chi connectivity index (χ0v) is 13.7. The summed E-state index contributed by atoms with van der Waals surface area (Å²) in [6.45, 7) is 6.72. The summed E-state index contributed by atoms with van der Waals surface area (Å²) in [5.41, 5.74) is 3.83. The molecule has 124 valence electrons. The first-order valence-electron chi connectivity index (χ1n) is 7.24. The molecule has 7 heteroatoms. The average Bonchev–Trinajstić information content (AvgIpc) is 2.51. The van der Waals surface area contributed by atoms with Gasteiger partial charge in [0.2, 0.25) is 5.91 Å². The van der Waals surface area contributed by atoms with Crippen molar-refractivity contribution < 1.29 is 19.1 Å². The van der Waals surface area contributed by atoms with Crippen LogP contribution in [0.15, 0.2) is 29.4 Å². The molecule has 0 aromatic heterocycles. The molecule has 1 rings (SSSR count). The van der Waals surface area contributed by atoms with E-state index >= 15 is 0 Å². The third kappa shape index (κ3) is 5.90. The van der Waals surface area contributed by atoms with Crippen molar-refractivity contribution in [3.05, 3.63) is 29.8 Å². The molecule has 0 saturated heterocycles. The van der Waals surface area contributed by atoms with Crippen LogP contribution in [-0.2, 0) is 14.3 Å². The predicted molar refractivity (Wildman–Crippen MR) is 87.1 cm³/mol. The van der Waals surface area contributed by atoms with Gasteiger partial charge in [-0.15, -0.1) is 0 Å². The van der Waals surface area contributed by atoms with Crippen LogP contribution in [0.5, 0.6) is 0 Å². The Hall–Kier alpha value is -2.70. The number of hydrogen-bond donors (Lipinski definition) is 2. The molecule has 7 nitrogen and oxygen atoms in total. The quantitative estimate of drug-likeness (QED) is 0.476. The Kier molecular flexibility index (Phi) is 6.92. The van der Waals surface area contributed by atoms with Gasteiger partial charge >= 0.3 is 5.97 Å². The van der Waals surface area contributed by atoms with E-state index in [0.717, 1.165) is 0 Å². The van der Waals surface area contributed by atoms with E-state index in [1.165, 1.54) is 6.92 Å². The summed E-state index contributed by atoms with van der Waals surface area (Å²) in [4.78, 5) is 34.5. The van der Waals surface area contributed by atoms with Gasteiger partial charge in [0, 0.05) is 23.9 Å². The van der Waals surface area contributed by atoms with E-state index in [1.54, 1.807) is 45.0 Å². The molecule has 1 aromatic rings. The maximum absolute atomic E-state index is 12.0. The van der Waals surface area contributed by atoms with Gasteiger partial charge in [-0.25, -0.2) is 5.43 Å². The van der Waals surface area contributed by atoms with E-state index in [9.17, 15) is 14.4 Å². The third-order valence-corrected chi connectivity index (χ3v) is 3.07. The second-order valence-electron chi connectivity index (χ2n) is 4.93. The maximum Gasteiger partial charge on any atom is 0.314 e. The standard InChI is InChI=1S/C16H21N3O4/c1-5-23-16(22)10(2)11(3)18-19-15(21)13-6-8-14(9-7-13)17-12(4)20/h6-10H,5H2,1-4H3,(H,17,20)(H,19,21)/b18-11-/t10-/m1/s1. The van der Waals surface area contributed by atoms with E-state index in [4.69, 9.17) is 4.74 Å². The first kappa shape index (κ1) is 18.3. The number of ether oxygens (including phenoxy) is 1. The van der Waals surface area contributed by atoms with Crippen LogP contribution in [0.25, 0.3) is 0 Å². The molecule has 0 unspecified atom stereocenters. The minimum Gasteiger partial charge on any atom is -0.465 e. The van der Waals surface area contributed by atoms with Gasteiger partial charge in [0.1, 0.15) is 0 Å². The lowest BCUT2D eigenvalue weighted by Crippen LogP contribution is -2.25. The van der Waals surface area contributed by atoms with E-state index in [2.05, 4.69) is 15.8 Å². The Morgan fingerprint density at radius 1 is 1.17 bits per heavy atom. The van der Waals surface area contributed by atoms with E-state index < -0.39 is 11.8 Å². The van der Waals surface area contributed by atoms with Gasteiger partial charge in [0.15, 0.2) is 0 Å². The Labute approximate surface area is 135 Å². The fourth-order valence-electron chi connectivity index (χ4n) is 1.65. The highest BCUT2D eigenvalue weighted by Crippen LogP contribution is 2.09. The van der Waals surface area contributed by atoms with Crippen molar-refractivity contribution in [1.29, 1.82) is 0 Å². The molecule has 0 aliphatic rings. The molecule has 1 atom stereocenters. The van der Waals surface area contributed by atoms with Crippen molar-refractivity contribution in [3.63, 3.8) is 0 Å². The molecule has 0 radical (unpaired) electrons. The van der Waals surface area contributed by atoms with E-state index in [-0.39, 0.29) is 11.9 Å². The average molecular weight is 319 g/mol. The molecule has 2 amide bonds. The van der Waals surface area contributed by atoms with Gasteiger partial charge in [0.05, 0.1) is 12.5 Å². The summed E-state index contributed by atoms with van der Waals surface area (Å²) in [5, 5.41) is 6.53. The number of anilines is 1. The van der Waals surface area contributed by atoms with Gasteiger partial charge in [0.25, 0.3) is 5.91 Å². The van der Waals surface area contributed by atoms with Crippen LogP contribution in [0.3, 0.4) is 0 Å². The van der Waals surface area contributed by atoms with E-state index in [1.807, 2.05) is 0 Å². The molecule has 0 bridgehead atoms. The molecule has 2 N–H and O–H groups in total. The lowest BCUT2D eigenvalue weighted by atomic mass is 10.1. The number of benzene rings is 1. The number of amides is 2. The topological polar surface area (TPSA) is 96.9 Å². The minimum atomic E-state index is -0.530. The van der Waals surface area contributed by atoms with Gasteiger partial charge in [-0.2, -0.15) is 5.10 Å². The van der Waals surface area contributed by atoms with Crippen LogP contribution in [0.2, 0.25) is 0 Å². The zero-order chi connectivity index (χ0) is 17.4. The summed E-state index contributed by atoms with van der Waals surface area (Å²) in [7, 11) is 0. The van der Waals surface area contributed by atoms with Crippen molar-refractivity contribution in [3.8, 4) is 0 Å². The van der Waals surface area contributed by atoms with Crippen molar-refractivity contribution in [2.24, 2.45) is 11.0 Å². The normalized spacial score (nSPS) is 12.3. The highest BCUT2D eigenvalue weighted by Gasteiger charge is 2.17. The predicted octanol–water partition coefficient (Wildman–Crippen LogP) is 1.95. The molecular weight excluding hydrogens is 298 g/mol. The summed E-state index contributed by atoms with van der Waals surface area (Å²) in [5.74, 6) is -1.51. The third-order valence-electron chi connectivity index (χ3n) is 3.07. The van der Waals surface area contributed by atoms with Crippen LogP contribution in [0, 0.1) is 5.92 Å². The van der Waals surface area contributed by atoms with Crippen molar-refractivity contribution in [1.82, 2.24) is 5.43 Å². The Morgan fingerprint density at radius 2 is 1.78 bits per heavy atom. The highest BCUT2D eigenvalue weighted by atomic mass is 16.5. The van der Waals surface area contributed by atoms with Crippen LogP contribution >= 0.6 is 0 Å². The van der Waals surface area contributed by atoms with Gasteiger partial charge in [-0.3, -0.25) is 14.4 Å². The SMILES string of the molecule is CCOC(=O)[C@H](C)/C(C)=N\NC(=O)c1ccc(NC(C)=O)cc1. The molecule has 0 saturated carbocycles. The number of carbonyl (C=O) groups excluding carboxylic acids is 3. The smallest absolute Gasteiger partial charge is 0.314 e. The highest BCUT2D eigenvalue weighted by molar-refractivity contribution is 6.02. The number of esters is 1. The van der Waals surface area contributed by atoms with Gasteiger partial charge in [-0.05, 0) is 45.0 Å². The Bertz CT molecular complexity index is 608. The first-order valence-corrected chi connectivity index (χ1v) is 7.24. The van der Waals surface area contributed by atoms with E-state index in [0.29, 0.717) is 23.6 Å². The van der Waals surface area contributed by atoms with Crippen molar-refractivity contribution in [2.45, 2.75) is 27.7 Å². The van der Waals surface area contributed by atoms with Crippen LogP contribution in [-0.4, -0.2) is 30.1 Å². The summed E-state index contributed by atoms with van der Waals surface area (Å²) in [6.07, 6.45) is 0. The number of carbonyl (C=O) groups is 3. The van der Waals surface area contributed by atoms with Crippen LogP contribution in [0.1, 0.15) is 38.1 Å². The molecule has 23 heavy (non-hydrogen) atoms. The fraction of sp³-hybridized carbons (Fsp3) is 0.375. The Balaban J connectivity index is 2.66.